The molecule has 1 aliphatic rings. The van der Waals surface area contributed by atoms with Crippen LogP contribution in [0.15, 0.2) is 60.9 Å². The summed E-state index contributed by atoms with van der Waals surface area (Å²) in [6, 6.07) is 13.6. The van der Waals surface area contributed by atoms with Crippen molar-refractivity contribution in [3.63, 3.8) is 0 Å². The quantitative estimate of drug-likeness (QED) is 0.642. The molecule has 1 aromatic carbocycles. The van der Waals surface area contributed by atoms with Gasteiger partial charge in [-0.1, -0.05) is 6.07 Å². The first-order chi connectivity index (χ1) is 15.5. The molecule has 1 aliphatic heterocycles. The van der Waals surface area contributed by atoms with Gasteiger partial charge in [0.2, 0.25) is 5.91 Å². The van der Waals surface area contributed by atoms with Crippen molar-refractivity contribution in [2.45, 2.75) is 26.2 Å². The Hall–Kier alpha value is -4.07. The molecular weight excluding hydrogens is 406 g/mol. The predicted octanol–water partition coefficient (Wildman–Crippen LogP) is 3.81. The van der Waals surface area contributed by atoms with Gasteiger partial charge >= 0.3 is 0 Å². The van der Waals surface area contributed by atoms with Gasteiger partial charge in [-0.05, 0) is 67.8 Å². The van der Waals surface area contributed by atoms with E-state index >= 15 is 0 Å². The van der Waals surface area contributed by atoms with Gasteiger partial charge in [0.05, 0.1) is 5.69 Å². The average molecular weight is 429 g/mol. The van der Waals surface area contributed by atoms with Crippen LogP contribution in [0.25, 0.3) is 0 Å². The molecule has 8 heteroatoms. The standard InChI is InChI=1S/C24H23N5O3/c1-16-7-12-20(26-15-16)28-24(32)22-19(5-4-13-25-22)27-23(31)17-8-10-18(11-9-17)29-14-3-2-6-21(29)30/h4-5,7-13,15H,2-3,6,14H2,1H3,(H,27,31)(H,26,28,32). The van der Waals surface area contributed by atoms with Crippen molar-refractivity contribution in [1.82, 2.24) is 9.97 Å². The monoisotopic (exact) mass is 429 g/mol. The van der Waals surface area contributed by atoms with Gasteiger partial charge in [-0.2, -0.15) is 0 Å². The number of rotatable bonds is 5. The summed E-state index contributed by atoms with van der Waals surface area (Å²) in [5.74, 6) is -0.359. The van der Waals surface area contributed by atoms with E-state index in [-0.39, 0.29) is 23.2 Å². The van der Waals surface area contributed by atoms with E-state index < -0.39 is 5.91 Å². The van der Waals surface area contributed by atoms with Crippen molar-refractivity contribution < 1.29 is 14.4 Å². The van der Waals surface area contributed by atoms with E-state index in [1.54, 1.807) is 53.6 Å². The minimum absolute atomic E-state index is 0.0822. The lowest BCUT2D eigenvalue weighted by Crippen LogP contribution is -2.35. The van der Waals surface area contributed by atoms with E-state index in [1.165, 1.54) is 6.20 Å². The fourth-order valence-corrected chi connectivity index (χ4v) is 3.47. The second-order valence-electron chi connectivity index (χ2n) is 7.58. The number of benzene rings is 1. The van der Waals surface area contributed by atoms with Crippen LogP contribution in [0.3, 0.4) is 0 Å². The van der Waals surface area contributed by atoms with Crippen molar-refractivity contribution in [1.29, 1.82) is 0 Å². The molecule has 3 heterocycles. The van der Waals surface area contributed by atoms with Gasteiger partial charge in [0, 0.05) is 36.6 Å². The largest absolute Gasteiger partial charge is 0.320 e. The van der Waals surface area contributed by atoms with Crippen molar-refractivity contribution in [3.8, 4) is 0 Å². The Balaban J connectivity index is 1.47. The molecule has 0 bridgehead atoms. The maximum absolute atomic E-state index is 12.8. The molecule has 3 amide bonds. The minimum Gasteiger partial charge on any atom is -0.320 e. The molecule has 0 radical (unpaired) electrons. The summed E-state index contributed by atoms with van der Waals surface area (Å²) in [4.78, 5) is 47.6. The maximum Gasteiger partial charge on any atom is 0.277 e. The first-order valence-electron chi connectivity index (χ1n) is 10.4. The van der Waals surface area contributed by atoms with Crippen LogP contribution >= 0.6 is 0 Å². The number of nitrogens with one attached hydrogen (secondary N) is 2. The Morgan fingerprint density at radius 3 is 2.47 bits per heavy atom. The first-order valence-corrected chi connectivity index (χ1v) is 10.4. The van der Waals surface area contributed by atoms with Crippen molar-refractivity contribution in [2.24, 2.45) is 0 Å². The lowest BCUT2D eigenvalue weighted by atomic mass is 10.1. The molecule has 0 atom stereocenters. The van der Waals surface area contributed by atoms with E-state index in [4.69, 9.17) is 0 Å². The average Bonchev–Trinajstić information content (AvgIpc) is 2.81. The van der Waals surface area contributed by atoms with E-state index in [2.05, 4.69) is 20.6 Å². The number of nitrogens with zero attached hydrogens (tertiary/aromatic N) is 3. The van der Waals surface area contributed by atoms with Crippen LogP contribution in [0.1, 0.15) is 45.7 Å². The van der Waals surface area contributed by atoms with Crippen LogP contribution in [-0.2, 0) is 4.79 Å². The molecular formula is C24H23N5O3. The summed E-state index contributed by atoms with van der Waals surface area (Å²) in [6.07, 6.45) is 5.57. The lowest BCUT2D eigenvalue weighted by Gasteiger charge is -2.26. The summed E-state index contributed by atoms with van der Waals surface area (Å²) in [5.41, 5.74) is 2.53. The fourth-order valence-electron chi connectivity index (χ4n) is 3.47. The van der Waals surface area contributed by atoms with Gasteiger partial charge < -0.3 is 15.5 Å². The molecule has 0 unspecified atom stereocenters. The lowest BCUT2D eigenvalue weighted by molar-refractivity contribution is -0.119. The van der Waals surface area contributed by atoms with Crippen LogP contribution < -0.4 is 15.5 Å². The van der Waals surface area contributed by atoms with Gasteiger partial charge in [-0.3, -0.25) is 14.4 Å². The number of hydrogen-bond donors (Lipinski definition) is 2. The SMILES string of the molecule is Cc1ccc(NC(=O)c2ncccc2NC(=O)c2ccc(N3CCCCC3=O)cc2)nc1. The number of aryl methyl sites for hydroxylation is 1. The van der Waals surface area contributed by atoms with Gasteiger partial charge in [0.25, 0.3) is 11.8 Å². The minimum atomic E-state index is -0.476. The Kier molecular flexibility index (Phi) is 6.21. The molecule has 2 N–H and O–H groups in total. The topological polar surface area (TPSA) is 104 Å². The molecule has 8 nitrogen and oxygen atoms in total. The molecule has 0 spiro atoms. The zero-order valence-electron chi connectivity index (χ0n) is 17.7. The first kappa shape index (κ1) is 21.2. The Bertz CT molecular complexity index is 1140. The number of hydrogen-bond acceptors (Lipinski definition) is 5. The number of carbonyl (C=O) groups excluding carboxylic acids is 3. The molecule has 162 valence electrons. The maximum atomic E-state index is 12.8. The smallest absolute Gasteiger partial charge is 0.277 e. The molecule has 1 fully saturated rings. The van der Waals surface area contributed by atoms with E-state index in [0.29, 0.717) is 24.3 Å². The van der Waals surface area contributed by atoms with Crippen LogP contribution in [0.4, 0.5) is 17.2 Å². The van der Waals surface area contributed by atoms with E-state index in [1.807, 2.05) is 13.0 Å². The normalized spacial score (nSPS) is 13.5. The summed E-state index contributed by atoms with van der Waals surface area (Å²) >= 11 is 0. The predicted molar refractivity (Wildman–Crippen MR) is 122 cm³/mol. The van der Waals surface area contributed by atoms with Gasteiger partial charge in [-0.15, -0.1) is 0 Å². The van der Waals surface area contributed by atoms with Gasteiger partial charge in [0.15, 0.2) is 5.69 Å². The molecule has 2 aromatic heterocycles. The van der Waals surface area contributed by atoms with Gasteiger partial charge in [0.1, 0.15) is 5.82 Å². The Morgan fingerprint density at radius 2 is 1.75 bits per heavy atom. The zero-order chi connectivity index (χ0) is 22.5. The third-order valence-electron chi connectivity index (χ3n) is 5.19. The molecule has 32 heavy (non-hydrogen) atoms. The third-order valence-corrected chi connectivity index (χ3v) is 5.19. The number of pyridine rings is 2. The molecule has 3 aromatic rings. The third kappa shape index (κ3) is 4.80. The molecule has 4 rings (SSSR count). The van der Waals surface area contributed by atoms with Crippen molar-refractivity contribution in [3.05, 3.63) is 77.7 Å². The number of piperidine rings is 1. The highest BCUT2D eigenvalue weighted by molar-refractivity contribution is 6.11. The highest BCUT2D eigenvalue weighted by Crippen LogP contribution is 2.22. The molecule has 1 saturated heterocycles. The highest BCUT2D eigenvalue weighted by atomic mass is 16.2. The number of anilines is 3. The van der Waals surface area contributed by atoms with Crippen molar-refractivity contribution in [2.75, 3.05) is 22.1 Å². The highest BCUT2D eigenvalue weighted by Gasteiger charge is 2.20. The van der Waals surface area contributed by atoms with E-state index in [0.717, 1.165) is 24.1 Å². The number of carbonyl (C=O) groups is 3. The van der Waals surface area contributed by atoms with Crippen LogP contribution in [-0.4, -0.2) is 34.2 Å². The number of aromatic nitrogens is 2. The second-order valence-corrected chi connectivity index (χ2v) is 7.58. The second kappa shape index (κ2) is 9.38. The Labute approximate surface area is 185 Å². The van der Waals surface area contributed by atoms with Crippen molar-refractivity contribution >= 4 is 34.9 Å². The zero-order valence-corrected chi connectivity index (χ0v) is 17.7. The summed E-state index contributed by atoms with van der Waals surface area (Å²) in [5, 5.41) is 5.43. The number of amides is 3. The molecule has 0 aliphatic carbocycles. The summed E-state index contributed by atoms with van der Waals surface area (Å²) in [7, 11) is 0. The van der Waals surface area contributed by atoms with Gasteiger partial charge in [-0.25, -0.2) is 9.97 Å². The molecule has 0 saturated carbocycles. The van der Waals surface area contributed by atoms with Crippen LogP contribution in [0, 0.1) is 6.92 Å². The Morgan fingerprint density at radius 1 is 0.938 bits per heavy atom. The fraction of sp³-hybridized carbons (Fsp3) is 0.208. The van der Waals surface area contributed by atoms with Crippen LogP contribution in [0.2, 0.25) is 0 Å². The summed E-state index contributed by atoms with van der Waals surface area (Å²) < 4.78 is 0. The summed E-state index contributed by atoms with van der Waals surface area (Å²) in [6.45, 7) is 2.59. The van der Waals surface area contributed by atoms with Crippen LogP contribution in [0.5, 0.6) is 0 Å². The van der Waals surface area contributed by atoms with E-state index in [9.17, 15) is 14.4 Å².